The van der Waals surface area contributed by atoms with E-state index in [0.29, 0.717) is 19.6 Å². The van der Waals surface area contributed by atoms with Crippen molar-refractivity contribution in [2.24, 2.45) is 5.41 Å². The topological polar surface area (TPSA) is 61.8 Å². The molecule has 0 bridgehead atoms. The molecule has 0 N–H and O–H groups in total. The van der Waals surface area contributed by atoms with Crippen molar-refractivity contribution in [3.05, 3.63) is 29.8 Å². The summed E-state index contributed by atoms with van der Waals surface area (Å²) in [6.07, 6.45) is 5.63. The van der Waals surface area contributed by atoms with Gasteiger partial charge in [0, 0.05) is 11.8 Å². The number of benzene rings is 1. The highest BCUT2D eigenvalue weighted by molar-refractivity contribution is 7.86. The van der Waals surface area contributed by atoms with Crippen LogP contribution >= 0.6 is 0 Å². The van der Waals surface area contributed by atoms with Gasteiger partial charge in [-0.3, -0.25) is 4.18 Å². The Bertz CT molecular complexity index is 670. The van der Waals surface area contributed by atoms with Gasteiger partial charge in [0.25, 0.3) is 10.1 Å². The van der Waals surface area contributed by atoms with Gasteiger partial charge in [-0.1, -0.05) is 31.0 Å². The van der Waals surface area contributed by atoms with Gasteiger partial charge in [0.2, 0.25) is 0 Å². The maximum atomic E-state index is 12.2. The van der Waals surface area contributed by atoms with Gasteiger partial charge in [-0.15, -0.1) is 0 Å². The van der Waals surface area contributed by atoms with Crippen molar-refractivity contribution in [1.29, 1.82) is 0 Å². The lowest BCUT2D eigenvalue weighted by Crippen LogP contribution is -2.41. The lowest BCUT2D eigenvalue weighted by molar-refractivity contribution is -0.213. The Labute approximate surface area is 150 Å². The van der Waals surface area contributed by atoms with Gasteiger partial charge >= 0.3 is 0 Å². The first-order valence-electron chi connectivity index (χ1n) is 9.17. The molecule has 2 aliphatic rings. The summed E-state index contributed by atoms with van der Waals surface area (Å²) in [6.45, 7) is 5.56. The monoisotopic (exact) mass is 368 g/mol. The maximum Gasteiger partial charge on any atom is 0.296 e. The zero-order chi connectivity index (χ0) is 18.0. The van der Waals surface area contributed by atoms with Gasteiger partial charge in [0.1, 0.15) is 0 Å². The zero-order valence-corrected chi connectivity index (χ0v) is 15.9. The SMILES string of the molecule is CCCC1(C2(CCCOS(=O)(=O)c3ccc(C)cc3)CC2)OCCO1. The van der Waals surface area contributed by atoms with Crippen molar-refractivity contribution in [3.8, 4) is 0 Å². The maximum absolute atomic E-state index is 12.2. The minimum atomic E-state index is -3.68. The third-order valence-corrected chi connectivity index (χ3v) is 6.67. The van der Waals surface area contributed by atoms with E-state index < -0.39 is 15.9 Å². The molecule has 140 valence electrons. The molecule has 0 radical (unpaired) electrons. The van der Waals surface area contributed by atoms with Crippen LogP contribution < -0.4 is 0 Å². The Balaban J connectivity index is 1.53. The fourth-order valence-corrected chi connectivity index (χ4v) is 4.77. The smallest absolute Gasteiger partial charge is 0.296 e. The van der Waals surface area contributed by atoms with Gasteiger partial charge in [0.05, 0.1) is 24.7 Å². The van der Waals surface area contributed by atoms with Crippen molar-refractivity contribution in [2.75, 3.05) is 19.8 Å². The van der Waals surface area contributed by atoms with Crippen LogP contribution in [-0.4, -0.2) is 34.0 Å². The van der Waals surface area contributed by atoms with E-state index in [1.165, 1.54) is 0 Å². The van der Waals surface area contributed by atoms with Crippen LogP contribution in [0.1, 0.15) is 51.0 Å². The van der Waals surface area contributed by atoms with E-state index in [-0.39, 0.29) is 16.9 Å². The second-order valence-electron chi connectivity index (χ2n) is 7.17. The van der Waals surface area contributed by atoms with Crippen LogP contribution in [0.4, 0.5) is 0 Å². The van der Waals surface area contributed by atoms with Gasteiger partial charge < -0.3 is 9.47 Å². The molecule has 6 heteroatoms. The number of hydrogen-bond acceptors (Lipinski definition) is 5. The summed E-state index contributed by atoms with van der Waals surface area (Å²) in [7, 11) is -3.68. The van der Waals surface area contributed by atoms with Crippen molar-refractivity contribution >= 4 is 10.1 Å². The van der Waals surface area contributed by atoms with E-state index in [0.717, 1.165) is 37.7 Å². The van der Waals surface area contributed by atoms with Gasteiger partial charge in [-0.25, -0.2) is 0 Å². The zero-order valence-electron chi connectivity index (χ0n) is 15.1. The van der Waals surface area contributed by atoms with Crippen molar-refractivity contribution in [1.82, 2.24) is 0 Å². The number of hydrogen-bond donors (Lipinski definition) is 0. The summed E-state index contributed by atoms with van der Waals surface area (Å²) < 4.78 is 41.7. The minimum absolute atomic E-state index is 0.0382. The Morgan fingerprint density at radius 3 is 2.28 bits per heavy atom. The van der Waals surface area contributed by atoms with Crippen molar-refractivity contribution < 1.29 is 22.1 Å². The molecular formula is C19H28O5S. The van der Waals surface area contributed by atoms with Crippen LogP contribution in [0, 0.1) is 12.3 Å². The van der Waals surface area contributed by atoms with E-state index in [2.05, 4.69) is 6.92 Å². The number of aryl methyl sites for hydroxylation is 1. The molecule has 3 rings (SSSR count). The minimum Gasteiger partial charge on any atom is -0.347 e. The average Bonchev–Trinajstić information content (AvgIpc) is 3.24. The highest BCUT2D eigenvalue weighted by Gasteiger charge is 2.61. The molecule has 1 aromatic carbocycles. The second kappa shape index (κ2) is 7.35. The Morgan fingerprint density at radius 1 is 1.08 bits per heavy atom. The average molecular weight is 368 g/mol. The summed E-state index contributed by atoms with van der Waals surface area (Å²) in [4.78, 5) is 0.212. The molecule has 0 amide bonds. The highest BCUT2D eigenvalue weighted by atomic mass is 32.2. The molecule has 25 heavy (non-hydrogen) atoms. The number of rotatable bonds is 9. The molecule has 2 fully saturated rings. The fourth-order valence-electron chi connectivity index (χ4n) is 3.82. The fraction of sp³-hybridized carbons (Fsp3) is 0.684. The van der Waals surface area contributed by atoms with E-state index in [1.54, 1.807) is 24.3 Å². The second-order valence-corrected chi connectivity index (χ2v) is 8.79. The first kappa shape index (κ1) is 18.8. The van der Waals surface area contributed by atoms with Crippen LogP contribution in [0.5, 0.6) is 0 Å². The van der Waals surface area contributed by atoms with Gasteiger partial charge in [-0.2, -0.15) is 8.42 Å². The standard InChI is InChI=1S/C19H28O5S/c1-3-9-19(22-14-15-23-19)18(11-12-18)10-4-13-24-25(20,21)17-7-5-16(2)6-8-17/h5-8H,3-4,9-15H2,1-2H3. The normalized spacial score (nSPS) is 21.4. The van der Waals surface area contributed by atoms with Gasteiger partial charge in [0.15, 0.2) is 5.79 Å². The van der Waals surface area contributed by atoms with Crippen molar-refractivity contribution in [3.63, 3.8) is 0 Å². The van der Waals surface area contributed by atoms with E-state index in [4.69, 9.17) is 13.7 Å². The summed E-state index contributed by atoms with van der Waals surface area (Å²) in [5, 5.41) is 0. The molecule has 1 heterocycles. The van der Waals surface area contributed by atoms with Crippen molar-refractivity contribution in [2.45, 2.75) is 63.1 Å². The summed E-state index contributed by atoms with van der Waals surface area (Å²) in [6, 6.07) is 6.73. The highest BCUT2D eigenvalue weighted by Crippen LogP contribution is 2.61. The summed E-state index contributed by atoms with van der Waals surface area (Å²) in [5.74, 6) is -0.461. The Kier molecular flexibility index (Phi) is 5.54. The first-order valence-corrected chi connectivity index (χ1v) is 10.6. The van der Waals surface area contributed by atoms with Gasteiger partial charge in [-0.05, 0) is 44.7 Å². The molecule has 1 aromatic rings. The van der Waals surface area contributed by atoms with Crippen LogP contribution in [0.25, 0.3) is 0 Å². The quantitative estimate of drug-likeness (QED) is 0.490. The van der Waals surface area contributed by atoms with E-state index >= 15 is 0 Å². The van der Waals surface area contributed by atoms with Crippen LogP contribution in [0.15, 0.2) is 29.2 Å². The lowest BCUT2D eigenvalue weighted by atomic mass is 9.86. The molecule has 0 atom stereocenters. The first-order chi connectivity index (χ1) is 11.9. The molecule has 1 aliphatic carbocycles. The Hall–Kier alpha value is -0.950. The van der Waals surface area contributed by atoms with Crippen LogP contribution in [-0.2, 0) is 23.8 Å². The largest absolute Gasteiger partial charge is 0.347 e. The number of ether oxygens (including phenoxy) is 2. The summed E-state index contributed by atoms with van der Waals surface area (Å²) in [5.41, 5.74) is 1.06. The predicted octanol–water partition coefficient (Wildman–Crippen LogP) is 3.80. The molecule has 0 spiro atoms. The van der Waals surface area contributed by atoms with Crippen LogP contribution in [0.2, 0.25) is 0 Å². The third-order valence-electron chi connectivity index (χ3n) is 5.34. The van der Waals surface area contributed by atoms with E-state index in [1.807, 2.05) is 6.92 Å². The molecule has 0 unspecified atom stereocenters. The molecule has 1 aliphatic heterocycles. The molecule has 1 saturated heterocycles. The molecule has 5 nitrogen and oxygen atoms in total. The predicted molar refractivity (Wildman–Crippen MR) is 94.8 cm³/mol. The Morgan fingerprint density at radius 2 is 1.72 bits per heavy atom. The summed E-state index contributed by atoms with van der Waals surface area (Å²) >= 11 is 0. The third kappa shape index (κ3) is 3.92. The van der Waals surface area contributed by atoms with Crippen LogP contribution in [0.3, 0.4) is 0 Å². The molecule has 0 aromatic heterocycles. The van der Waals surface area contributed by atoms with E-state index in [9.17, 15) is 8.42 Å². The lowest BCUT2D eigenvalue weighted by Gasteiger charge is -2.36. The molecule has 1 saturated carbocycles. The molecular weight excluding hydrogens is 340 g/mol.